The Bertz CT molecular complexity index is 278. The van der Waals surface area contributed by atoms with Gasteiger partial charge in [0.1, 0.15) is 0 Å². The van der Waals surface area contributed by atoms with Gasteiger partial charge in [0.05, 0.1) is 0 Å². The molecular weight excluding hydrogens is 406 g/mol. The third-order valence-electron chi connectivity index (χ3n) is 2.58. The van der Waals surface area contributed by atoms with Crippen LogP contribution in [0.15, 0.2) is 18.2 Å². The fraction of sp³-hybridized carbons (Fsp3) is 0.417. The monoisotopic (exact) mass is 421 g/mol. The molecule has 79 valence electrons. The van der Waals surface area contributed by atoms with Gasteiger partial charge >= 0.3 is 0 Å². The summed E-state index contributed by atoms with van der Waals surface area (Å²) >= 11 is 0. The Balaban J connectivity index is 0.000000845. The minimum absolute atomic E-state index is 0. The SMILES string of the molecule is Cc1ccc2c(c1)C[CH-]CCC2.[Lr]. The molecule has 0 N–H and O–H groups in total. The van der Waals surface area contributed by atoms with E-state index < -0.39 is 0 Å². The van der Waals surface area contributed by atoms with Gasteiger partial charge in [-0.05, 0) is 18.9 Å². The Labute approximate surface area is 74.6 Å². The van der Waals surface area contributed by atoms with Crippen molar-refractivity contribution in [2.45, 2.75) is 32.6 Å². The summed E-state index contributed by atoms with van der Waals surface area (Å²) in [5, 5.41) is 0. The molecule has 0 nitrogen and oxygen atoms in total. The third kappa shape index (κ3) is 1.87. The molecule has 1 aliphatic carbocycles. The van der Waals surface area contributed by atoms with E-state index in [0.717, 1.165) is 0 Å². The second kappa shape index (κ2) is 3.75. The van der Waals surface area contributed by atoms with Crippen molar-refractivity contribution in [3.63, 3.8) is 0 Å². The van der Waals surface area contributed by atoms with Crippen LogP contribution in [0.2, 0.25) is 0 Å². The molecule has 0 unspecified atom stereocenters. The van der Waals surface area contributed by atoms with Gasteiger partial charge in [-0.25, -0.2) is 0 Å². The predicted molar refractivity (Wildman–Crippen MR) is 52.1 cm³/mol. The van der Waals surface area contributed by atoms with E-state index in [4.69, 9.17) is 0 Å². The van der Waals surface area contributed by atoms with Crippen LogP contribution in [0, 0.1) is 13.3 Å². The number of hydrogen-bond donors (Lipinski definition) is 0. The summed E-state index contributed by atoms with van der Waals surface area (Å²) in [5.74, 6) is 0. The number of rotatable bonds is 0. The first-order valence-corrected chi connectivity index (χ1v) is 4.76. The summed E-state index contributed by atoms with van der Waals surface area (Å²) in [6.45, 7) is 2.17. The van der Waals surface area contributed by atoms with Crippen LogP contribution < -0.4 is 0 Å². The summed E-state index contributed by atoms with van der Waals surface area (Å²) in [6.07, 6.45) is 7.47. The van der Waals surface area contributed by atoms with Crippen LogP contribution in [0.1, 0.15) is 29.5 Å². The van der Waals surface area contributed by atoms with Crippen LogP contribution in [0.5, 0.6) is 0 Å². The van der Waals surface area contributed by atoms with Gasteiger partial charge < -0.3 is 6.42 Å². The van der Waals surface area contributed by atoms with E-state index in [1.54, 1.807) is 11.1 Å². The van der Waals surface area contributed by atoms with Gasteiger partial charge in [-0.15, -0.1) is 0 Å². The van der Waals surface area contributed by atoms with Crippen LogP contribution in [0.25, 0.3) is 0 Å². The number of benzene rings is 1. The molecule has 0 bridgehead atoms. The van der Waals surface area contributed by atoms with Gasteiger partial charge in [0.2, 0.25) is 0 Å². The van der Waals surface area contributed by atoms with Gasteiger partial charge in [0.15, 0.2) is 0 Å². The van der Waals surface area contributed by atoms with E-state index >= 15 is 0 Å². The Morgan fingerprint density at radius 3 is 2.92 bits per heavy atom. The average molecular weight is 421 g/mol. The maximum absolute atomic E-state index is 2.41. The van der Waals surface area contributed by atoms with E-state index in [0.29, 0.717) is 0 Å². The molecule has 0 spiro atoms. The molecule has 0 saturated carbocycles. The minimum Gasteiger partial charge on any atom is -0.324 e. The van der Waals surface area contributed by atoms with Crippen molar-refractivity contribution < 1.29 is 0 Å². The van der Waals surface area contributed by atoms with Gasteiger partial charge in [-0.3, -0.25) is 0 Å². The molecule has 1 aliphatic rings. The van der Waals surface area contributed by atoms with Gasteiger partial charge in [-0.1, -0.05) is 35.7 Å². The molecule has 0 amide bonds. The van der Waals surface area contributed by atoms with Gasteiger partial charge in [0, 0.05) is 0 Å². The quantitative estimate of drug-likeness (QED) is 0.446. The maximum Gasteiger partial charge on any atom is 0 e. The second-order valence-corrected chi connectivity index (χ2v) is 3.66. The Kier molecular flexibility index (Phi) is 2.69. The molecule has 0 aliphatic heterocycles. The van der Waals surface area contributed by atoms with E-state index in [2.05, 4.69) is 31.5 Å². The molecule has 0 aromatic heterocycles. The molecule has 13 heavy (non-hydrogen) atoms. The normalized spacial score (nSPS) is 15.5. The predicted octanol–water partition coefficient (Wildman–Crippen LogP) is 3.08. The number of fused-ring (bicyclic) bond motifs is 1. The largest absolute Gasteiger partial charge is 0.324 e. The van der Waals surface area contributed by atoms with Crippen molar-refractivity contribution in [1.29, 1.82) is 0 Å². The van der Waals surface area contributed by atoms with E-state index in [-0.39, 0.29) is 0 Å². The molecule has 2 rings (SSSR count). The molecule has 0 saturated heterocycles. The first-order chi connectivity index (χ1) is 5.86. The smallest absolute Gasteiger partial charge is 0 e. The fourth-order valence-corrected chi connectivity index (χ4v) is 1.88. The summed E-state index contributed by atoms with van der Waals surface area (Å²) in [6, 6.07) is 6.85. The zero-order valence-corrected chi connectivity index (χ0v) is 10.0. The average Bonchev–Trinajstić information content (AvgIpc) is 2.28. The van der Waals surface area contributed by atoms with E-state index in [1.165, 1.54) is 31.2 Å². The van der Waals surface area contributed by atoms with Gasteiger partial charge in [0.25, 0.3) is 0 Å². The maximum atomic E-state index is 2.41. The fourth-order valence-electron chi connectivity index (χ4n) is 1.88. The Hall–Kier alpha value is -1.78. The summed E-state index contributed by atoms with van der Waals surface area (Å²) in [5.41, 5.74) is 4.51. The zero-order chi connectivity index (χ0) is 8.39. The number of hydrogen-bond acceptors (Lipinski definition) is 0. The topological polar surface area (TPSA) is 0 Å². The van der Waals surface area contributed by atoms with Crippen molar-refractivity contribution in [2.24, 2.45) is 0 Å². The number of aryl methyl sites for hydroxylation is 2. The third-order valence-corrected chi connectivity index (χ3v) is 2.58. The molecule has 1 aromatic rings. The molecular formula is C12H15Lr-. The van der Waals surface area contributed by atoms with Crippen LogP contribution in [0.4, 0.5) is 0 Å². The van der Waals surface area contributed by atoms with Crippen molar-refractivity contribution in [3.05, 3.63) is 41.3 Å². The minimum atomic E-state index is 0. The Morgan fingerprint density at radius 1 is 1.23 bits per heavy atom. The Morgan fingerprint density at radius 2 is 2.08 bits per heavy atom. The first kappa shape index (κ1) is 9.31. The molecule has 1 aromatic carbocycles. The molecule has 0 heterocycles. The first-order valence-electron chi connectivity index (χ1n) is 4.76. The summed E-state index contributed by atoms with van der Waals surface area (Å²) < 4.78 is 0. The van der Waals surface area contributed by atoms with E-state index in [9.17, 15) is 0 Å². The van der Waals surface area contributed by atoms with Crippen LogP contribution in [-0.4, -0.2) is 0 Å². The van der Waals surface area contributed by atoms with Gasteiger partial charge in [-0.2, -0.15) is 12.8 Å². The molecule has 1 radical (unpaired) electrons. The van der Waals surface area contributed by atoms with Crippen molar-refractivity contribution in [2.75, 3.05) is 0 Å². The van der Waals surface area contributed by atoms with Crippen molar-refractivity contribution in [3.8, 4) is 0 Å². The van der Waals surface area contributed by atoms with Crippen LogP contribution in [0.3, 0.4) is 0 Å². The summed E-state index contributed by atoms with van der Waals surface area (Å²) in [7, 11) is 0. The van der Waals surface area contributed by atoms with E-state index in [1.807, 2.05) is 0 Å². The standard InChI is InChI=1S/C12H15.Lr/c1-10-7-8-11-5-3-2-4-6-12(11)9-10;/h4,7-9H,2-3,5-6H2,1H3;/q-1;. The van der Waals surface area contributed by atoms with Crippen LogP contribution in [-0.2, 0) is 12.8 Å². The molecule has 1 heteroatoms. The van der Waals surface area contributed by atoms with Crippen molar-refractivity contribution in [1.82, 2.24) is 0 Å². The zero-order valence-electron chi connectivity index (χ0n) is 7.90. The second-order valence-electron chi connectivity index (χ2n) is 3.66. The van der Waals surface area contributed by atoms with Crippen LogP contribution >= 0.6 is 0 Å². The molecule has 0 fully saturated rings. The molecule has 0 atom stereocenters. The van der Waals surface area contributed by atoms with Crippen molar-refractivity contribution >= 4 is 0 Å². The summed E-state index contributed by atoms with van der Waals surface area (Å²) in [4.78, 5) is 0.